The molecule has 2 atom stereocenters. The molecule has 0 saturated heterocycles. The maximum absolute atomic E-state index is 13.6. The molecule has 1 aromatic carbocycles. The SMILES string of the molecule is O=C(NC1CCCCC1C(=O)O)c1cc(Cl)ccc1F. The summed E-state index contributed by atoms with van der Waals surface area (Å²) < 4.78 is 13.6. The number of benzene rings is 1. The molecule has 6 heteroatoms. The van der Waals surface area contributed by atoms with Crippen LogP contribution in [0.4, 0.5) is 4.39 Å². The standard InChI is InChI=1S/C14H15ClFNO3/c15-8-5-6-11(16)10(7-8)13(18)17-12-4-2-1-3-9(12)14(19)20/h5-7,9,12H,1-4H2,(H,17,18)(H,19,20). The van der Waals surface area contributed by atoms with Crippen molar-refractivity contribution in [1.29, 1.82) is 0 Å². The number of hydrogen-bond donors (Lipinski definition) is 2. The van der Waals surface area contributed by atoms with Gasteiger partial charge in [-0.15, -0.1) is 0 Å². The summed E-state index contributed by atoms with van der Waals surface area (Å²) >= 11 is 5.74. The zero-order valence-electron chi connectivity index (χ0n) is 10.7. The lowest BCUT2D eigenvalue weighted by molar-refractivity contribution is -0.143. The lowest BCUT2D eigenvalue weighted by atomic mass is 9.84. The summed E-state index contributed by atoms with van der Waals surface area (Å²) in [5.74, 6) is -2.84. The first kappa shape index (κ1) is 14.8. The number of amides is 1. The Bertz CT molecular complexity index is 535. The molecule has 1 saturated carbocycles. The summed E-state index contributed by atoms with van der Waals surface area (Å²) in [6.45, 7) is 0. The van der Waals surface area contributed by atoms with E-state index in [1.807, 2.05) is 0 Å². The highest BCUT2D eigenvalue weighted by Gasteiger charge is 2.32. The van der Waals surface area contributed by atoms with E-state index in [9.17, 15) is 14.0 Å². The number of hydrogen-bond acceptors (Lipinski definition) is 2. The lowest BCUT2D eigenvalue weighted by Crippen LogP contribution is -2.45. The summed E-state index contributed by atoms with van der Waals surface area (Å²) in [7, 11) is 0. The van der Waals surface area contributed by atoms with Gasteiger partial charge in [0.05, 0.1) is 11.5 Å². The Labute approximate surface area is 120 Å². The molecule has 0 bridgehead atoms. The van der Waals surface area contributed by atoms with Crippen LogP contribution >= 0.6 is 11.6 Å². The highest BCUT2D eigenvalue weighted by molar-refractivity contribution is 6.31. The first-order chi connectivity index (χ1) is 9.49. The third-order valence-corrected chi connectivity index (χ3v) is 3.81. The van der Waals surface area contributed by atoms with Gasteiger partial charge in [-0.05, 0) is 31.0 Å². The Balaban J connectivity index is 2.13. The Morgan fingerprint density at radius 3 is 2.70 bits per heavy atom. The second-order valence-electron chi connectivity index (χ2n) is 4.93. The van der Waals surface area contributed by atoms with Gasteiger partial charge in [0.1, 0.15) is 5.82 Å². The molecule has 0 aliphatic heterocycles. The van der Waals surface area contributed by atoms with Crippen molar-refractivity contribution >= 4 is 23.5 Å². The second-order valence-corrected chi connectivity index (χ2v) is 5.37. The van der Waals surface area contributed by atoms with E-state index in [0.717, 1.165) is 18.9 Å². The third-order valence-electron chi connectivity index (χ3n) is 3.57. The van der Waals surface area contributed by atoms with Gasteiger partial charge in [0.25, 0.3) is 5.91 Å². The molecule has 0 aromatic heterocycles. The third kappa shape index (κ3) is 3.28. The van der Waals surface area contributed by atoms with Gasteiger partial charge in [0.15, 0.2) is 0 Å². The molecular formula is C14H15ClFNO3. The van der Waals surface area contributed by atoms with Crippen molar-refractivity contribution < 1.29 is 19.1 Å². The molecular weight excluding hydrogens is 285 g/mol. The predicted molar refractivity (Wildman–Crippen MR) is 72.3 cm³/mol. The van der Waals surface area contributed by atoms with Crippen LogP contribution in [0.3, 0.4) is 0 Å². The van der Waals surface area contributed by atoms with Crippen molar-refractivity contribution in [2.24, 2.45) is 5.92 Å². The quantitative estimate of drug-likeness (QED) is 0.902. The van der Waals surface area contributed by atoms with Gasteiger partial charge >= 0.3 is 5.97 Å². The molecule has 108 valence electrons. The average Bonchev–Trinajstić information content (AvgIpc) is 2.41. The molecule has 0 heterocycles. The molecule has 0 spiro atoms. The maximum Gasteiger partial charge on any atom is 0.308 e. The number of carbonyl (C=O) groups excluding carboxylic acids is 1. The normalized spacial score (nSPS) is 22.3. The molecule has 2 unspecified atom stereocenters. The monoisotopic (exact) mass is 299 g/mol. The molecule has 4 nitrogen and oxygen atoms in total. The Morgan fingerprint density at radius 1 is 1.30 bits per heavy atom. The molecule has 1 aromatic rings. The zero-order valence-corrected chi connectivity index (χ0v) is 11.5. The number of carbonyl (C=O) groups is 2. The van der Waals surface area contributed by atoms with E-state index < -0.39 is 29.7 Å². The Hall–Kier alpha value is -1.62. The Kier molecular flexibility index (Phi) is 4.60. The fraction of sp³-hybridized carbons (Fsp3) is 0.429. The predicted octanol–water partition coefficient (Wildman–Crippen LogP) is 2.85. The maximum atomic E-state index is 13.6. The topological polar surface area (TPSA) is 66.4 Å². The van der Waals surface area contributed by atoms with Gasteiger partial charge in [0.2, 0.25) is 0 Å². The van der Waals surface area contributed by atoms with E-state index in [2.05, 4.69) is 5.32 Å². The van der Waals surface area contributed by atoms with Gasteiger partial charge in [-0.3, -0.25) is 9.59 Å². The van der Waals surface area contributed by atoms with Crippen molar-refractivity contribution in [3.05, 3.63) is 34.6 Å². The number of carboxylic acid groups (broad SMARTS) is 1. The highest BCUT2D eigenvalue weighted by Crippen LogP contribution is 2.25. The van der Waals surface area contributed by atoms with Gasteiger partial charge < -0.3 is 10.4 Å². The summed E-state index contributed by atoms with van der Waals surface area (Å²) in [4.78, 5) is 23.2. The van der Waals surface area contributed by atoms with E-state index in [0.29, 0.717) is 12.8 Å². The Morgan fingerprint density at radius 2 is 2.00 bits per heavy atom. The smallest absolute Gasteiger partial charge is 0.308 e. The molecule has 0 radical (unpaired) electrons. The number of aliphatic carboxylic acids is 1. The van der Waals surface area contributed by atoms with Crippen LogP contribution in [0.5, 0.6) is 0 Å². The first-order valence-corrected chi connectivity index (χ1v) is 6.85. The van der Waals surface area contributed by atoms with Crippen molar-refractivity contribution in [2.75, 3.05) is 0 Å². The largest absolute Gasteiger partial charge is 0.481 e. The molecule has 1 aliphatic carbocycles. The van der Waals surface area contributed by atoms with Crippen LogP contribution < -0.4 is 5.32 Å². The molecule has 2 N–H and O–H groups in total. The summed E-state index contributed by atoms with van der Waals surface area (Å²) in [5.41, 5.74) is -0.160. The molecule has 1 fully saturated rings. The van der Waals surface area contributed by atoms with Crippen LogP contribution in [-0.4, -0.2) is 23.0 Å². The number of rotatable bonds is 3. The van der Waals surface area contributed by atoms with E-state index in [1.54, 1.807) is 0 Å². The van der Waals surface area contributed by atoms with Crippen LogP contribution in [0.25, 0.3) is 0 Å². The van der Waals surface area contributed by atoms with Crippen LogP contribution in [0, 0.1) is 11.7 Å². The summed E-state index contributed by atoms with van der Waals surface area (Å²) in [5, 5.41) is 12.0. The van der Waals surface area contributed by atoms with Crippen molar-refractivity contribution in [2.45, 2.75) is 31.7 Å². The first-order valence-electron chi connectivity index (χ1n) is 6.48. The highest BCUT2D eigenvalue weighted by atomic mass is 35.5. The van der Waals surface area contributed by atoms with Gasteiger partial charge in [-0.2, -0.15) is 0 Å². The van der Waals surface area contributed by atoms with Crippen LogP contribution in [0.2, 0.25) is 5.02 Å². The van der Waals surface area contributed by atoms with Gasteiger partial charge in [-0.25, -0.2) is 4.39 Å². The number of nitrogens with one attached hydrogen (secondary N) is 1. The van der Waals surface area contributed by atoms with Gasteiger partial charge in [0, 0.05) is 11.1 Å². The van der Waals surface area contributed by atoms with E-state index in [4.69, 9.17) is 16.7 Å². The van der Waals surface area contributed by atoms with Crippen LogP contribution in [0.15, 0.2) is 18.2 Å². The number of carboxylic acids is 1. The van der Waals surface area contributed by atoms with E-state index >= 15 is 0 Å². The zero-order chi connectivity index (χ0) is 14.7. The average molecular weight is 300 g/mol. The minimum absolute atomic E-state index is 0.160. The van der Waals surface area contributed by atoms with Crippen LogP contribution in [-0.2, 0) is 4.79 Å². The molecule has 2 rings (SSSR count). The molecule has 20 heavy (non-hydrogen) atoms. The summed E-state index contributed by atoms with van der Waals surface area (Å²) in [6.07, 6.45) is 2.80. The molecule has 1 amide bonds. The lowest BCUT2D eigenvalue weighted by Gasteiger charge is -2.29. The minimum Gasteiger partial charge on any atom is -0.481 e. The fourth-order valence-electron chi connectivity index (χ4n) is 2.52. The molecule has 1 aliphatic rings. The van der Waals surface area contributed by atoms with Crippen LogP contribution in [0.1, 0.15) is 36.0 Å². The fourth-order valence-corrected chi connectivity index (χ4v) is 2.69. The second kappa shape index (κ2) is 6.22. The van der Waals surface area contributed by atoms with Crippen molar-refractivity contribution in [3.8, 4) is 0 Å². The number of halogens is 2. The van der Waals surface area contributed by atoms with Crippen molar-refractivity contribution in [3.63, 3.8) is 0 Å². The van der Waals surface area contributed by atoms with E-state index in [1.165, 1.54) is 12.1 Å². The van der Waals surface area contributed by atoms with E-state index in [-0.39, 0.29) is 10.6 Å². The van der Waals surface area contributed by atoms with Gasteiger partial charge in [-0.1, -0.05) is 24.4 Å². The minimum atomic E-state index is -0.929. The summed E-state index contributed by atoms with van der Waals surface area (Å²) in [6, 6.07) is 3.25. The van der Waals surface area contributed by atoms with Crippen molar-refractivity contribution in [1.82, 2.24) is 5.32 Å².